The summed E-state index contributed by atoms with van der Waals surface area (Å²) >= 11 is 0. The molecule has 0 heterocycles. The van der Waals surface area contributed by atoms with Crippen LogP contribution in [-0.2, 0) is 4.79 Å². The van der Waals surface area contributed by atoms with Gasteiger partial charge in [0.2, 0.25) is 5.91 Å². The number of hydrogen-bond acceptors (Lipinski definition) is 2. The zero-order valence-corrected chi connectivity index (χ0v) is 13.1. The predicted molar refractivity (Wildman–Crippen MR) is 81.3 cm³/mol. The van der Waals surface area contributed by atoms with E-state index in [1.807, 2.05) is 0 Å². The van der Waals surface area contributed by atoms with E-state index in [-0.39, 0.29) is 29.8 Å². The first-order valence-electron chi connectivity index (χ1n) is 7.58. The van der Waals surface area contributed by atoms with E-state index in [9.17, 15) is 4.79 Å². The molecule has 2 aliphatic rings. The third-order valence-electron chi connectivity index (χ3n) is 4.60. The lowest BCUT2D eigenvalue weighted by atomic mass is 9.77. The van der Waals surface area contributed by atoms with E-state index in [4.69, 9.17) is 5.73 Å². The summed E-state index contributed by atoms with van der Waals surface area (Å²) in [6.07, 6.45) is 8.05. The second-order valence-electron chi connectivity index (χ2n) is 6.74. The molecule has 0 spiro atoms. The molecule has 0 aromatic rings. The zero-order chi connectivity index (χ0) is 13.2. The molecule has 0 bridgehead atoms. The van der Waals surface area contributed by atoms with Crippen LogP contribution in [0.3, 0.4) is 0 Å². The van der Waals surface area contributed by atoms with Crippen molar-refractivity contribution < 1.29 is 4.79 Å². The average molecular weight is 289 g/mol. The molecular weight excluding hydrogens is 260 g/mol. The summed E-state index contributed by atoms with van der Waals surface area (Å²) in [5, 5.41) is 3.25. The lowest BCUT2D eigenvalue weighted by Crippen LogP contribution is -2.48. The maximum atomic E-state index is 12.6. The quantitative estimate of drug-likeness (QED) is 0.790. The molecule has 0 aromatic heterocycles. The molecule has 1 amide bonds. The molecule has 4 heteroatoms. The standard InChI is InChI=1S/C15H28N2O.ClH/c1-11(2)9-15(7-3-4-8-15)14(18)17-13(10-16)12-5-6-12;/h11-13H,3-10,16H2,1-2H3,(H,17,18);1H. The van der Waals surface area contributed by atoms with Gasteiger partial charge in [0.25, 0.3) is 0 Å². The number of rotatable bonds is 6. The number of halogens is 1. The lowest BCUT2D eigenvalue weighted by Gasteiger charge is -2.31. The minimum atomic E-state index is -0.0868. The van der Waals surface area contributed by atoms with Gasteiger partial charge in [-0.25, -0.2) is 0 Å². The highest BCUT2D eigenvalue weighted by atomic mass is 35.5. The summed E-state index contributed by atoms with van der Waals surface area (Å²) in [7, 11) is 0. The molecule has 3 nitrogen and oxygen atoms in total. The maximum absolute atomic E-state index is 12.6. The second-order valence-corrected chi connectivity index (χ2v) is 6.74. The Morgan fingerprint density at radius 1 is 1.32 bits per heavy atom. The van der Waals surface area contributed by atoms with Crippen LogP contribution in [0.15, 0.2) is 0 Å². The molecule has 112 valence electrons. The smallest absolute Gasteiger partial charge is 0.226 e. The Morgan fingerprint density at radius 3 is 2.32 bits per heavy atom. The molecule has 0 radical (unpaired) electrons. The van der Waals surface area contributed by atoms with E-state index in [1.165, 1.54) is 25.7 Å². The summed E-state index contributed by atoms with van der Waals surface area (Å²) in [6, 6.07) is 0.224. The van der Waals surface area contributed by atoms with Gasteiger partial charge < -0.3 is 11.1 Å². The Bertz CT molecular complexity index is 297. The minimum Gasteiger partial charge on any atom is -0.351 e. The Kier molecular flexibility index (Phi) is 6.13. The number of nitrogens with two attached hydrogens (primary N) is 1. The van der Waals surface area contributed by atoms with Gasteiger partial charge in [-0.1, -0.05) is 26.7 Å². The first kappa shape index (κ1) is 16.8. The highest BCUT2D eigenvalue weighted by Crippen LogP contribution is 2.44. The summed E-state index contributed by atoms with van der Waals surface area (Å²) in [6.45, 7) is 5.03. The molecule has 19 heavy (non-hydrogen) atoms. The SMILES string of the molecule is CC(C)CC1(C(=O)NC(CN)C2CC2)CCCC1.Cl. The average Bonchev–Trinajstić information content (AvgIpc) is 3.05. The van der Waals surface area contributed by atoms with E-state index in [0.717, 1.165) is 19.3 Å². The highest BCUT2D eigenvalue weighted by molar-refractivity contribution is 5.85. The highest BCUT2D eigenvalue weighted by Gasteiger charge is 2.43. The van der Waals surface area contributed by atoms with Crippen molar-refractivity contribution in [3.63, 3.8) is 0 Å². The molecule has 0 aromatic carbocycles. The van der Waals surface area contributed by atoms with Gasteiger partial charge >= 0.3 is 0 Å². The molecule has 0 saturated heterocycles. The summed E-state index contributed by atoms with van der Waals surface area (Å²) in [5.41, 5.74) is 5.70. The van der Waals surface area contributed by atoms with Crippen LogP contribution >= 0.6 is 12.4 Å². The predicted octanol–water partition coefficient (Wildman–Crippen LogP) is 2.87. The Labute approximate surface area is 123 Å². The van der Waals surface area contributed by atoms with Crippen LogP contribution in [0.2, 0.25) is 0 Å². The van der Waals surface area contributed by atoms with Crippen LogP contribution in [-0.4, -0.2) is 18.5 Å². The molecule has 2 fully saturated rings. The second kappa shape index (κ2) is 6.94. The van der Waals surface area contributed by atoms with E-state index in [0.29, 0.717) is 18.4 Å². The number of nitrogens with one attached hydrogen (secondary N) is 1. The molecular formula is C15H29ClN2O. The molecule has 1 atom stereocenters. The fourth-order valence-corrected chi connectivity index (χ4v) is 3.55. The Balaban J connectivity index is 0.00000180. The number of carbonyl (C=O) groups excluding carboxylic acids is 1. The zero-order valence-electron chi connectivity index (χ0n) is 12.3. The Morgan fingerprint density at radius 2 is 1.89 bits per heavy atom. The molecule has 2 rings (SSSR count). The van der Waals surface area contributed by atoms with Gasteiger partial charge in [-0.2, -0.15) is 0 Å². The maximum Gasteiger partial charge on any atom is 0.226 e. The van der Waals surface area contributed by atoms with Crippen LogP contribution in [0.1, 0.15) is 58.8 Å². The van der Waals surface area contributed by atoms with Crippen LogP contribution in [0, 0.1) is 17.3 Å². The van der Waals surface area contributed by atoms with Gasteiger partial charge in [-0.05, 0) is 43.9 Å². The van der Waals surface area contributed by atoms with Crippen molar-refractivity contribution in [2.45, 2.75) is 64.8 Å². The topological polar surface area (TPSA) is 55.1 Å². The first-order chi connectivity index (χ1) is 8.57. The van der Waals surface area contributed by atoms with Crippen molar-refractivity contribution >= 4 is 18.3 Å². The van der Waals surface area contributed by atoms with Gasteiger partial charge in [0.1, 0.15) is 0 Å². The van der Waals surface area contributed by atoms with E-state index >= 15 is 0 Å². The normalized spacial score (nSPS) is 22.9. The van der Waals surface area contributed by atoms with Crippen LogP contribution in [0.25, 0.3) is 0 Å². The van der Waals surface area contributed by atoms with Gasteiger partial charge in [-0.3, -0.25) is 4.79 Å². The molecule has 1 unspecified atom stereocenters. The summed E-state index contributed by atoms with van der Waals surface area (Å²) in [4.78, 5) is 12.6. The van der Waals surface area contributed by atoms with Crippen molar-refractivity contribution in [2.24, 2.45) is 23.0 Å². The van der Waals surface area contributed by atoms with E-state index in [1.54, 1.807) is 0 Å². The number of amides is 1. The van der Waals surface area contributed by atoms with Crippen molar-refractivity contribution in [3.8, 4) is 0 Å². The minimum absolute atomic E-state index is 0. The molecule has 2 aliphatic carbocycles. The third kappa shape index (κ3) is 4.09. The van der Waals surface area contributed by atoms with Crippen molar-refractivity contribution in [1.29, 1.82) is 0 Å². The lowest BCUT2D eigenvalue weighted by molar-refractivity contribution is -0.132. The third-order valence-corrected chi connectivity index (χ3v) is 4.60. The van der Waals surface area contributed by atoms with E-state index in [2.05, 4.69) is 19.2 Å². The Hall–Kier alpha value is -0.280. The van der Waals surface area contributed by atoms with Crippen LogP contribution in [0.4, 0.5) is 0 Å². The molecule has 0 aliphatic heterocycles. The van der Waals surface area contributed by atoms with Crippen LogP contribution in [0.5, 0.6) is 0 Å². The van der Waals surface area contributed by atoms with Crippen molar-refractivity contribution in [3.05, 3.63) is 0 Å². The summed E-state index contributed by atoms with van der Waals surface area (Å²) in [5.74, 6) is 1.53. The fraction of sp³-hybridized carbons (Fsp3) is 0.933. The van der Waals surface area contributed by atoms with Gasteiger partial charge in [0.05, 0.1) is 0 Å². The summed E-state index contributed by atoms with van der Waals surface area (Å²) < 4.78 is 0. The monoisotopic (exact) mass is 288 g/mol. The number of carbonyl (C=O) groups is 1. The fourth-order valence-electron chi connectivity index (χ4n) is 3.55. The van der Waals surface area contributed by atoms with Crippen LogP contribution < -0.4 is 11.1 Å². The molecule has 3 N–H and O–H groups in total. The van der Waals surface area contributed by atoms with Gasteiger partial charge in [0, 0.05) is 18.0 Å². The van der Waals surface area contributed by atoms with E-state index < -0.39 is 0 Å². The number of hydrogen-bond donors (Lipinski definition) is 2. The van der Waals surface area contributed by atoms with Gasteiger partial charge in [0.15, 0.2) is 0 Å². The van der Waals surface area contributed by atoms with Crippen molar-refractivity contribution in [1.82, 2.24) is 5.32 Å². The largest absolute Gasteiger partial charge is 0.351 e. The van der Waals surface area contributed by atoms with Crippen molar-refractivity contribution in [2.75, 3.05) is 6.54 Å². The first-order valence-corrected chi connectivity index (χ1v) is 7.58. The molecule has 2 saturated carbocycles. The van der Waals surface area contributed by atoms with Gasteiger partial charge in [-0.15, -0.1) is 12.4 Å².